The van der Waals surface area contributed by atoms with E-state index in [2.05, 4.69) is 49.6 Å². The fourth-order valence-corrected chi connectivity index (χ4v) is 4.33. The van der Waals surface area contributed by atoms with E-state index in [1.54, 1.807) is 18.2 Å². The molecule has 0 spiro atoms. The van der Waals surface area contributed by atoms with Gasteiger partial charge in [-0.3, -0.25) is 0 Å². The summed E-state index contributed by atoms with van der Waals surface area (Å²) in [7, 11) is 0. The second-order valence-corrected chi connectivity index (χ2v) is 9.27. The monoisotopic (exact) mass is 482 g/mol. The van der Waals surface area contributed by atoms with E-state index in [0.29, 0.717) is 34.9 Å². The summed E-state index contributed by atoms with van der Waals surface area (Å²) in [4.78, 5) is 4.79. The number of fused-ring (bicyclic) bond motifs is 1. The lowest BCUT2D eigenvalue weighted by molar-refractivity contribution is 0.279. The fourth-order valence-electron chi connectivity index (χ4n) is 3.87. The van der Waals surface area contributed by atoms with Gasteiger partial charge in [0.2, 0.25) is 0 Å². The SMILES string of the molecule is Cc1ccc(C(C)C)c(OCCCn2c(COc3ccc(Cl)cc3Cl)nc3ccccc32)c1. The molecule has 1 aromatic heterocycles. The molecule has 4 rings (SSSR count). The Labute approximate surface area is 205 Å². The molecule has 0 amide bonds. The molecule has 0 saturated carbocycles. The number of halogens is 2. The number of rotatable bonds is 9. The summed E-state index contributed by atoms with van der Waals surface area (Å²) in [5, 5.41) is 1.06. The number of hydrogen-bond acceptors (Lipinski definition) is 3. The Bertz CT molecular complexity index is 1250. The van der Waals surface area contributed by atoms with Crippen molar-refractivity contribution in [2.75, 3.05) is 6.61 Å². The molecule has 0 unspecified atom stereocenters. The third-order valence-corrected chi connectivity index (χ3v) is 6.09. The van der Waals surface area contributed by atoms with Gasteiger partial charge in [0, 0.05) is 11.6 Å². The maximum Gasteiger partial charge on any atom is 0.148 e. The van der Waals surface area contributed by atoms with E-state index >= 15 is 0 Å². The van der Waals surface area contributed by atoms with Crippen LogP contribution in [0.5, 0.6) is 11.5 Å². The third-order valence-electron chi connectivity index (χ3n) is 5.56. The molecule has 33 heavy (non-hydrogen) atoms. The number of imidazole rings is 1. The van der Waals surface area contributed by atoms with Crippen molar-refractivity contribution in [3.63, 3.8) is 0 Å². The first-order valence-electron chi connectivity index (χ1n) is 11.2. The van der Waals surface area contributed by atoms with Crippen LogP contribution < -0.4 is 9.47 Å². The van der Waals surface area contributed by atoms with Crippen LogP contribution >= 0.6 is 23.2 Å². The maximum absolute atomic E-state index is 6.27. The van der Waals surface area contributed by atoms with E-state index in [0.717, 1.165) is 35.6 Å². The molecular formula is C27H28Cl2N2O2. The van der Waals surface area contributed by atoms with E-state index in [1.165, 1.54) is 11.1 Å². The van der Waals surface area contributed by atoms with Gasteiger partial charge in [0.05, 0.1) is 22.7 Å². The Hall–Kier alpha value is -2.69. The molecule has 172 valence electrons. The summed E-state index contributed by atoms with van der Waals surface area (Å²) < 4.78 is 14.4. The zero-order valence-electron chi connectivity index (χ0n) is 19.1. The average Bonchev–Trinajstić information content (AvgIpc) is 3.13. The van der Waals surface area contributed by atoms with Crippen LogP contribution in [0.1, 0.15) is 43.1 Å². The molecular weight excluding hydrogens is 455 g/mol. The van der Waals surface area contributed by atoms with Crippen molar-refractivity contribution in [2.24, 2.45) is 0 Å². The summed E-state index contributed by atoms with van der Waals surface area (Å²) >= 11 is 12.3. The van der Waals surface area contributed by atoms with Gasteiger partial charge < -0.3 is 14.0 Å². The first-order chi connectivity index (χ1) is 15.9. The molecule has 3 aromatic carbocycles. The second-order valence-electron chi connectivity index (χ2n) is 8.43. The Morgan fingerprint density at radius 2 is 1.76 bits per heavy atom. The Morgan fingerprint density at radius 3 is 2.55 bits per heavy atom. The van der Waals surface area contributed by atoms with Gasteiger partial charge >= 0.3 is 0 Å². The number of para-hydroxylation sites is 2. The summed E-state index contributed by atoms with van der Waals surface area (Å²) in [6.45, 7) is 8.18. The van der Waals surface area contributed by atoms with Crippen LogP contribution in [0.2, 0.25) is 10.0 Å². The van der Waals surface area contributed by atoms with E-state index < -0.39 is 0 Å². The van der Waals surface area contributed by atoms with Gasteiger partial charge in [0.15, 0.2) is 0 Å². The van der Waals surface area contributed by atoms with Crippen LogP contribution in [0.15, 0.2) is 60.7 Å². The highest BCUT2D eigenvalue weighted by Gasteiger charge is 2.13. The molecule has 0 bridgehead atoms. The van der Waals surface area contributed by atoms with E-state index in [-0.39, 0.29) is 0 Å². The van der Waals surface area contributed by atoms with Gasteiger partial charge in [0.25, 0.3) is 0 Å². The molecule has 0 saturated heterocycles. The van der Waals surface area contributed by atoms with Crippen LogP contribution in [-0.4, -0.2) is 16.2 Å². The number of hydrogen-bond donors (Lipinski definition) is 0. The van der Waals surface area contributed by atoms with E-state index in [9.17, 15) is 0 Å². The van der Waals surface area contributed by atoms with Crippen LogP contribution in [0.25, 0.3) is 11.0 Å². The fraction of sp³-hybridized carbons (Fsp3) is 0.296. The van der Waals surface area contributed by atoms with Crippen molar-refractivity contribution in [1.82, 2.24) is 9.55 Å². The smallest absolute Gasteiger partial charge is 0.148 e. The summed E-state index contributed by atoms with van der Waals surface area (Å²) in [5.41, 5.74) is 4.47. The quantitative estimate of drug-likeness (QED) is 0.228. The predicted octanol–water partition coefficient (Wildman–Crippen LogP) is 7.82. The highest BCUT2D eigenvalue weighted by molar-refractivity contribution is 6.35. The number of aromatic nitrogens is 2. The van der Waals surface area contributed by atoms with Gasteiger partial charge in [-0.25, -0.2) is 4.98 Å². The lowest BCUT2D eigenvalue weighted by Crippen LogP contribution is -2.11. The minimum absolute atomic E-state index is 0.312. The standard InChI is InChI=1S/C27H28Cl2N2O2/c1-18(2)21-11-9-19(3)15-26(21)32-14-6-13-31-24-8-5-4-7-23(24)30-27(31)17-33-25-12-10-20(28)16-22(25)29/h4-5,7-12,15-16,18H,6,13-14,17H2,1-3H3. The van der Waals surface area contributed by atoms with E-state index in [4.69, 9.17) is 37.7 Å². The molecule has 6 heteroatoms. The van der Waals surface area contributed by atoms with Gasteiger partial charge in [-0.15, -0.1) is 0 Å². The normalized spacial score (nSPS) is 11.3. The van der Waals surface area contributed by atoms with E-state index in [1.807, 2.05) is 18.2 Å². The maximum atomic E-state index is 6.27. The van der Waals surface area contributed by atoms with Gasteiger partial charge in [-0.2, -0.15) is 0 Å². The molecule has 0 radical (unpaired) electrons. The highest BCUT2D eigenvalue weighted by atomic mass is 35.5. The predicted molar refractivity (Wildman–Crippen MR) is 136 cm³/mol. The molecule has 0 fully saturated rings. The minimum Gasteiger partial charge on any atom is -0.493 e. The first-order valence-corrected chi connectivity index (χ1v) is 11.9. The average molecular weight is 483 g/mol. The molecule has 0 aliphatic carbocycles. The lowest BCUT2D eigenvalue weighted by atomic mass is 10.0. The largest absolute Gasteiger partial charge is 0.493 e. The molecule has 1 heterocycles. The third kappa shape index (κ3) is 5.63. The van der Waals surface area contributed by atoms with Crippen molar-refractivity contribution in [2.45, 2.75) is 46.3 Å². The summed E-state index contributed by atoms with van der Waals surface area (Å²) in [6.07, 6.45) is 0.848. The second kappa shape index (κ2) is 10.5. The number of ether oxygens (including phenoxy) is 2. The first kappa shape index (κ1) is 23.5. The minimum atomic E-state index is 0.312. The molecule has 0 aliphatic heterocycles. The Kier molecular flexibility index (Phi) is 7.46. The number of benzene rings is 3. The molecule has 0 atom stereocenters. The van der Waals surface area contributed by atoms with Gasteiger partial charge in [-0.1, -0.05) is 61.3 Å². The Balaban J connectivity index is 1.46. The van der Waals surface area contributed by atoms with Crippen molar-refractivity contribution < 1.29 is 9.47 Å². The topological polar surface area (TPSA) is 36.3 Å². The summed E-state index contributed by atoms with van der Waals surface area (Å²) in [6, 6.07) is 19.8. The lowest BCUT2D eigenvalue weighted by Gasteiger charge is -2.16. The van der Waals surface area contributed by atoms with Crippen molar-refractivity contribution in [3.8, 4) is 11.5 Å². The highest BCUT2D eigenvalue weighted by Crippen LogP contribution is 2.29. The molecule has 4 nitrogen and oxygen atoms in total. The Morgan fingerprint density at radius 1 is 0.939 bits per heavy atom. The zero-order chi connectivity index (χ0) is 23.4. The summed E-state index contributed by atoms with van der Waals surface area (Å²) in [5.74, 6) is 2.83. The van der Waals surface area contributed by atoms with Gasteiger partial charge in [-0.05, 0) is 66.8 Å². The molecule has 0 N–H and O–H groups in total. The van der Waals surface area contributed by atoms with Crippen molar-refractivity contribution >= 4 is 34.2 Å². The van der Waals surface area contributed by atoms with Crippen molar-refractivity contribution in [1.29, 1.82) is 0 Å². The number of nitrogens with zero attached hydrogens (tertiary/aromatic N) is 2. The van der Waals surface area contributed by atoms with Crippen LogP contribution in [0.4, 0.5) is 0 Å². The number of aryl methyl sites for hydroxylation is 2. The van der Waals surface area contributed by atoms with Gasteiger partial charge in [0.1, 0.15) is 23.9 Å². The van der Waals surface area contributed by atoms with Crippen LogP contribution in [-0.2, 0) is 13.2 Å². The zero-order valence-corrected chi connectivity index (χ0v) is 20.7. The molecule has 4 aromatic rings. The molecule has 0 aliphatic rings. The van der Waals surface area contributed by atoms with Crippen LogP contribution in [0, 0.1) is 6.92 Å². The van der Waals surface area contributed by atoms with Crippen LogP contribution in [0.3, 0.4) is 0 Å². The van der Waals surface area contributed by atoms with Crippen molar-refractivity contribution in [3.05, 3.63) is 87.7 Å².